The van der Waals surface area contributed by atoms with Gasteiger partial charge in [0.25, 0.3) is 0 Å². The van der Waals surface area contributed by atoms with Crippen LogP contribution in [0.25, 0.3) is 0 Å². The second kappa shape index (κ2) is 7.20. The summed E-state index contributed by atoms with van der Waals surface area (Å²) in [5.41, 5.74) is 0. The fourth-order valence-corrected chi connectivity index (χ4v) is 4.95. The number of aliphatic hydroxyl groups is 1. The zero-order valence-corrected chi connectivity index (χ0v) is 14.6. The summed E-state index contributed by atoms with van der Waals surface area (Å²) in [7, 11) is 0. The van der Waals surface area contributed by atoms with Gasteiger partial charge in [-0.1, -0.05) is 39.5 Å². The Morgan fingerprint density at radius 3 is 2.57 bits per heavy atom. The predicted molar refractivity (Wildman–Crippen MR) is 87.9 cm³/mol. The molecule has 2 saturated carbocycles. The summed E-state index contributed by atoms with van der Waals surface area (Å²) >= 11 is 0. The highest BCUT2D eigenvalue weighted by atomic mass is 16.7. The molecular weight excluding hydrogens is 292 g/mol. The monoisotopic (exact) mass is 324 g/mol. The van der Waals surface area contributed by atoms with E-state index in [1.165, 1.54) is 19.3 Å². The standard InChI is InChI=1S/C19H32O4/c1-3-13(4-2)7-5-6-8-17(20)14-11-16-15(18(14)21)12-19(16)22-9-10-23-19/h13-16,18,21H,3-12H2,1-2H3/t14-,15-,16+,18?/m1/s1. The highest BCUT2D eigenvalue weighted by Gasteiger charge is 2.65. The van der Waals surface area contributed by atoms with Gasteiger partial charge < -0.3 is 14.6 Å². The van der Waals surface area contributed by atoms with Crippen LogP contribution < -0.4 is 0 Å². The molecule has 0 aromatic heterocycles. The third-order valence-electron chi connectivity index (χ3n) is 6.59. The third kappa shape index (κ3) is 3.22. The molecule has 0 aromatic carbocycles. The molecule has 3 aliphatic rings. The van der Waals surface area contributed by atoms with Crippen LogP contribution in [0.5, 0.6) is 0 Å². The number of rotatable bonds is 8. The van der Waals surface area contributed by atoms with Crippen LogP contribution in [0.2, 0.25) is 0 Å². The van der Waals surface area contributed by atoms with Gasteiger partial charge in [0.2, 0.25) is 0 Å². The van der Waals surface area contributed by atoms with Crippen molar-refractivity contribution in [2.45, 2.75) is 77.1 Å². The molecule has 132 valence electrons. The third-order valence-corrected chi connectivity index (χ3v) is 6.59. The Bertz CT molecular complexity index is 412. The van der Waals surface area contributed by atoms with E-state index in [0.717, 1.165) is 31.6 Å². The van der Waals surface area contributed by atoms with Crippen molar-refractivity contribution >= 4 is 5.78 Å². The lowest BCUT2D eigenvalue weighted by molar-refractivity contribution is -0.275. The van der Waals surface area contributed by atoms with E-state index < -0.39 is 11.9 Å². The Balaban J connectivity index is 1.44. The second-order valence-electron chi connectivity index (χ2n) is 7.71. The van der Waals surface area contributed by atoms with Crippen molar-refractivity contribution in [3.8, 4) is 0 Å². The highest BCUT2D eigenvalue weighted by Crippen LogP contribution is 2.59. The van der Waals surface area contributed by atoms with Gasteiger partial charge >= 0.3 is 0 Å². The topological polar surface area (TPSA) is 55.8 Å². The number of aliphatic hydroxyl groups excluding tert-OH is 1. The zero-order chi connectivity index (χ0) is 16.4. The van der Waals surface area contributed by atoms with E-state index in [1.54, 1.807) is 0 Å². The molecule has 0 amide bonds. The van der Waals surface area contributed by atoms with Crippen molar-refractivity contribution in [3.63, 3.8) is 0 Å². The maximum Gasteiger partial charge on any atom is 0.172 e. The van der Waals surface area contributed by atoms with Crippen molar-refractivity contribution in [3.05, 3.63) is 0 Å². The molecule has 23 heavy (non-hydrogen) atoms. The molecule has 4 heteroatoms. The van der Waals surface area contributed by atoms with Crippen LogP contribution in [-0.4, -0.2) is 36.0 Å². The fraction of sp³-hybridized carbons (Fsp3) is 0.947. The van der Waals surface area contributed by atoms with Crippen LogP contribution in [0.1, 0.15) is 65.2 Å². The molecule has 1 saturated heterocycles. The van der Waals surface area contributed by atoms with Crippen LogP contribution in [0, 0.1) is 23.7 Å². The van der Waals surface area contributed by atoms with Gasteiger partial charge in [0, 0.05) is 24.7 Å². The number of fused-ring (bicyclic) bond motifs is 2. The van der Waals surface area contributed by atoms with E-state index in [-0.39, 0.29) is 23.5 Å². The van der Waals surface area contributed by atoms with E-state index in [4.69, 9.17) is 9.47 Å². The minimum Gasteiger partial charge on any atom is -0.392 e. The number of hydrogen-bond acceptors (Lipinski definition) is 4. The fourth-order valence-electron chi connectivity index (χ4n) is 4.95. The summed E-state index contributed by atoms with van der Waals surface area (Å²) in [5.74, 6) is 0.824. The number of unbranched alkanes of at least 4 members (excludes halogenated alkanes) is 1. The van der Waals surface area contributed by atoms with Crippen molar-refractivity contribution in [2.24, 2.45) is 23.7 Å². The van der Waals surface area contributed by atoms with Crippen molar-refractivity contribution < 1.29 is 19.4 Å². The van der Waals surface area contributed by atoms with Gasteiger partial charge in [0.15, 0.2) is 5.79 Å². The summed E-state index contributed by atoms with van der Waals surface area (Å²) in [6, 6.07) is 0. The van der Waals surface area contributed by atoms with Gasteiger partial charge in [0.05, 0.1) is 19.3 Å². The summed E-state index contributed by atoms with van der Waals surface area (Å²) in [5, 5.41) is 10.5. The summed E-state index contributed by atoms with van der Waals surface area (Å²) in [6.45, 7) is 5.78. The van der Waals surface area contributed by atoms with Crippen LogP contribution in [0.3, 0.4) is 0 Å². The molecule has 1 aliphatic heterocycles. The Hall–Kier alpha value is -0.450. The highest BCUT2D eigenvalue weighted by molar-refractivity contribution is 5.82. The van der Waals surface area contributed by atoms with Crippen molar-refractivity contribution in [2.75, 3.05) is 13.2 Å². The van der Waals surface area contributed by atoms with Crippen LogP contribution in [-0.2, 0) is 14.3 Å². The number of carbonyl (C=O) groups is 1. The lowest BCUT2D eigenvalue weighted by Crippen LogP contribution is -2.54. The maximum atomic E-state index is 12.5. The molecule has 2 aliphatic carbocycles. The Morgan fingerprint density at radius 2 is 1.91 bits per heavy atom. The van der Waals surface area contributed by atoms with Gasteiger partial charge in [0.1, 0.15) is 5.78 Å². The summed E-state index contributed by atoms with van der Waals surface area (Å²) in [6.07, 6.45) is 7.43. The first-order chi connectivity index (χ1) is 11.1. The zero-order valence-electron chi connectivity index (χ0n) is 14.6. The normalized spacial score (nSPS) is 34.8. The smallest absolute Gasteiger partial charge is 0.172 e. The molecule has 4 atom stereocenters. The maximum absolute atomic E-state index is 12.5. The predicted octanol–water partition coefficient (Wildman–Crippen LogP) is 3.31. The minimum absolute atomic E-state index is 0.190. The van der Waals surface area contributed by atoms with E-state index in [2.05, 4.69) is 13.8 Å². The van der Waals surface area contributed by atoms with E-state index in [0.29, 0.717) is 19.6 Å². The summed E-state index contributed by atoms with van der Waals surface area (Å²) < 4.78 is 11.5. The van der Waals surface area contributed by atoms with Crippen LogP contribution in [0.4, 0.5) is 0 Å². The van der Waals surface area contributed by atoms with Crippen LogP contribution >= 0.6 is 0 Å². The number of ketones is 1. The van der Waals surface area contributed by atoms with Crippen molar-refractivity contribution in [1.82, 2.24) is 0 Å². The molecule has 1 heterocycles. The quantitative estimate of drug-likeness (QED) is 0.696. The molecule has 1 spiro atoms. The molecule has 1 N–H and O–H groups in total. The number of Topliss-reactive ketones (excluding diaryl/α,β-unsaturated/α-hetero) is 1. The molecule has 0 aromatic rings. The van der Waals surface area contributed by atoms with E-state index in [1.807, 2.05) is 0 Å². The summed E-state index contributed by atoms with van der Waals surface area (Å²) in [4.78, 5) is 12.5. The Labute approximate surface area is 139 Å². The van der Waals surface area contributed by atoms with Crippen molar-refractivity contribution in [1.29, 1.82) is 0 Å². The number of carbonyl (C=O) groups excluding carboxylic acids is 1. The lowest BCUT2D eigenvalue weighted by atomic mass is 9.69. The largest absolute Gasteiger partial charge is 0.392 e. The Kier molecular flexibility index (Phi) is 5.44. The molecule has 4 nitrogen and oxygen atoms in total. The lowest BCUT2D eigenvalue weighted by Gasteiger charge is -2.48. The molecule has 3 rings (SSSR count). The Morgan fingerprint density at radius 1 is 1.22 bits per heavy atom. The minimum atomic E-state index is -0.482. The molecular formula is C19H32O4. The van der Waals surface area contributed by atoms with Gasteiger partial charge in [-0.15, -0.1) is 0 Å². The molecule has 3 fully saturated rings. The number of ether oxygens (including phenoxy) is 2. The van der Waals surface area contributed by atoms with Gasteiger partial charge in [-0.2, -0.15) is 0 Å². The molecule has 1 unspecified atom stereocenters. The first kappa shape index (κ1) is 17.4. The average molecular weight is 324 g/mol. The second-order valence-corrected chi connectivity index (χ2v) is 7.71. The van der Waals surface area contributed by atoms with Gasteiger partial charge in [-0.3, -0.25) is 4.79 Å². The first-order valence-electron chi connectivity index (χ1n) is 9.60. The molecule has 0 bridgehead atoms. The van der Waals surface area contributed by atoms with E-state index >= 15 is 0 Å². The molecule has 0 radical (unpaired) electrons. The average Bonchev–Trinajstić information content (AvgIpc) is 3.13. The van der Waals surface area contributed by atoms with Gasteiger partial charge in [-0.25, -0.2) is 0 Å². The SMILES string of the molecule is CCC(CC)CCCCC(=O)[C@H]1C[C@H]2[C@@H](CC23OCCO3)C1O. The van der Waals surface area contributed by atoms with E-state index in [9.17, 15) is 9.90 Å². The number of hydrogen-bond donors (Lipinski definition) is 1. The first-order valence-corrected chi connectivity index (χ1v) is 9.60. The van der Waals surface area contributed by atoms with Crippen LogP contribution in [0.15, 0.2) is 0 Å². The van der Waals surface area contributed by atoms with Gasteiger partial charge in [-0.05, 0) is 24.7 Å².